The summed E-state index contributed by atoms with van der Waals surface area (Å²) in [6, 6.07) is 11.3. The molecule has 37 heavy (non-hydrogen) atoms. The largest absolute Gasteiger partial charge is 0.573 e. The van der Waals surface area contributed by atoms with Gasteiger partial charge in [0.25, 0.3) is 0 Å². The fraction of sp³-hybridized carbons (Fsp3) is 0.346. The first-order chi connectivity index (χ1) is 17.6. The summed E-state index contributed by atoms with van der Waals surface area (Å²) in [6.45, 7) is 1.01. The number of benzene rings is 2. The summed E-state index contributed by atoms with van der Waals surface area (Å²) < 4.78 is 47.2. The van der Waals surface area contributed by atoms with Crippen LogP contribution in [0.25, 0.3) is 11.1 Å². The maximum absolute atomic E-state index is 12.5. The van der Waals surface area contributed by atoms with Crippen LogP contribution in [0.2, 0.25) is 5.28 Å². The lowest BCUT2D eigenvalue weighted by Crippen LogP contribution is -2.22. The van der Waals surface area contributed by atoms with Crippen LogP contribution in [0.3, 0.4) is 0 Å². The van der Waals surface area contributed by atoms with Gasteiger partial charge in [-0.1, -0.05) is 18.2 Å². The number of carbonyl (C=O) groups is 1. The molecule has 0 radical (unpaired) electrons. The van der Waals surface area contributed by atoms with Crippen molar-refractivity contribution in [2.24, 2.45) is 0 Å². The van der Waals surface area contributed by atoms with Crippen molar-refractivity contribution in [1.29, 1.82) is 0 Å². The molecule has 7 nitrogen and oxygen atoms in total. The third-order valence-electron chi connectivity index (χ3n) is 6.14. The minimum absolute atomic E-state index is 0.0532. The van der Waals surface area contributed by atoms with Gasteiger partial charge in [-0.05, 0) is 77.7 Å². The number of hydrogen-bond donors (Lipinski definition) is 1. The molecule has 3 aromatic rings. The molecular formula is C26H25ClF3N3O4. The van der Waals surface area contributed by atoms with Crippen LogP contribution in [0.1, 0.15) is 36.3 Å². The van der Waals surface area contributed by atoms with Crippen molar-refractivity contribution in [3.05, 3.63) is 65.1 Å². The van der Waals surface area contributed by atoms with Gasteiger partial charge in [0, 0.05) is 25.4 Å². The van der Waals surface area contributed by atoms with Crippen molar-refractivity contribution < 1.29 is 32.5 Å². The monoisotopic (exact) mass is 535 g/mol. The molecule has 4 rings (SSSR count). The summed E-state index contributed by atoms with van der Waals surface area (Å²) >= 11 is 6.02. The molecule has 1 aliphatic carbocycles. The summed E-state index contributed by atoms with van der Waals surface area (Å²) in [6.07, 6.45) is -0.763. The van der Waals surface area contributed by atoms with E-state index in [-0.39, 0.29) is 23.4 Å². The van der Waals surface area contributed by atoms with E-state index >= 15 is 0 Å². The number of halogens is 4. The van der Waals surface area contributed by atoms with Crippen LogP contribution in [0.15, 0.2) is 48.7 Å². The number of carboxylic acids is 1. The molecule has 1 N–H and O–H groups in total. The van der Waals surface area contributed by atoms with Crippen molar-refractivity contribution in [1.82, 2.24) is 9.97 Å². The van der Waals surface area contributed by atoms with Crippen LogP contribution < -0.4 is 14.4 Å². The number of aromatic nitrogens is 2. The molecule has 1 aromatic heterocycles. The van der Waals surface area contributed by atoms with Crippen LogP contribution in [0.5, 0.6) is 11.5 Å². The normalized spacial score (nSPS) is 14.8. The van der Waals surface area contributed by atoms with Gasteiger partial charge >= 0.3 is 12.3 Å². The van der Waals surface area contributed by atoms with Gasteiger partial charge in [-0.2, -0.15) is 4.98 Å². The van der Waals surface area contributed by atoms with Gasteiger partial charge in [-0.3, -0.25) is 4.79 Å². The predicted molar refractivity (Wildman–Crippen MR) is 132 cm³/mol. The number of aryl methyl sites for hydroxylation is 1. The van der Waals surface area contributed by atoms with Gasteiger partial charge in [-0.15, -0.1) is 13.2 Å². The zero-order chi connectivity index (χ0) is 26.6. The van der Waals surface area contributed by atoms with E-state index in [1.165, 1.54) is 30.5 Å². The average molecular weight is 536 g/mol. The summed E-state index contributed by atoms with van der Waals surface area (Å²) in [5.41, 5.74) is 3.44. The lowest BCUT2D eigenvalue weighted by atomic mass is 9.98. The van der Waals surface area contributed by atoms with Crippen molar-refractivity contribution in [2.75, 3.05) is 25.1 Å². The van der Waals surface area contributed by atoms with E-state index in [0.29, 0.717) is 36.5 Å². The van der Waals surface area contributed by atoms with E-state index in [4.69, 9.17) is 21.4 Å². The summed E-state index contributed by atoms with van der Waals surface area (Å²) in [7, 11) is 1.83. The minimum atomic E-state index is -4.76. The first-order valence-corrected chi connectivity index (χ1v) is 12.0. The highest BCUT2D eigenvalue weighted by atomic mass is 35.5. The highest BCUT2D eigenvalue weighted by Crippen LogP contribution is 2.37. The molecule has 1 aliphatic rings. The fourth-order valence-electron chi connectivity index (χ4n) is 4.48. The van der Waals surface area contributed by atoms with Gasteiger partial charge in [0.2, 0.25) is 5.28 Å². The zero-order valence-corrected chi connectivity index (χ0v) is 20.7. The molecule has 0 bridgehead atoms. The Balaban J connectivity index is 1.36. The molecule has 0 unspecified atom stereocenters. The Labute approximate surface area is 216 Å². The molecule has 0 aliphatic heterocycles. The first kappa shape index (κ1) is 26.5. The van der Waals surface area contributed by atoms with Crippen molar-refractivity contribution >= 4 is 23.4 Å². The second kappa shape index (κ2) is 11.2. The van der Waals surface area contributed by atoms with Crippen LogP contribution in [0.4, 0.5) is 19.0 Å². The molecule has 0 saturated carbocycles. The van der Waals surface area contributed by atoms with E-state index in [2.05, 4.69) is 14.7 Å². The minimum Gasteiger partial charge on any atom is -0.494 e. The second-order valence-electron chi connectivity index (χ2n) is 8.77. The third kappa shape index (κ3) is 7.03. The molecule has 11 heteroatoms. The Hall–Kier alpha value is -3.53. The molecule has 196 valence electrons. The van der Waals surface area contributed by atoms with Crippen LogP contribution in [-0.2, 0) is 11.2 Å². The molecule has 2 aromatic carbocycles. The van der Waals surface area contributed by atoms with Crippen molar-refractivity contribution in [3.8, 4) is 22.6 Å². The van der Waals surface area contributed by atoms with Gasteiger partial charge in [-0.25, -0.2) is 4.98 Å². The zero-order valence-electron chi connectivity index (χ0n) is 20.0. The summed E-state index contributed by atoms with van der Waals surface area (Å²) in [4.78, 5) is 21.3. The van der Waals surface area contributed by atoms with E-state index in [1.807, 2.05) is 30.1 Å². The van der Waals surface area contributed by atoms with E-state index in [1.54, 1.807) is 0 Å². The average Bonchev–Trinajstić information content (AvgIpc) is 3.22. The Morgan fingerprint density at radius 1 is 1.19 bits per heavy atom. The molecule has 0 spiro atoms. The lowest BCUT2D eigenvalue weighted by Gasteiger charge is -2.21. The number of alkyl halides is 3. The van der Waals surface area contributed by atoms with Gasteiger partial charge in [0.05, 0.1) is 13.0 Å². The number of nitrogens with zero attached hydrogens (tertiary/aromatic N) is 3. The Morgan fingerprint density at radius 3 is 2.62 bits per heavy atom. The number of carboxylic acid groups (broad SMARTS) is 1. The second-order valence-corrected chi connectivity index (χ2v) is 9.10. The molecule has 1 atom stereocenters. The fourth-order valence-corrected chi connectivity index (χ4v) is 4.60. The van der Waals surface area contributed by atoms with Gasteiger partial charge < -0.3 is 19.5 Å². The van der Waals surface area contributed by atoms with Crippen LogP contribution in [0, 0.1) is 0 Å². The highest BCUT2D eigenvalue weighted by Gasteiger charge is 2.31. The molecular weight excluding hydrogens is 511 g/mol. The Morgan fingerprint density at radius 2 is 1.92 bits per heavy atom. The highest BCUT2D eigenvalue weighted by molar-refractivity contribution is 6.28. The van der Waals surface area contributed by atoms with E-state index in [0.717, 1.165) is 29.7 Å². The number of hydrogen-bond acceptors (Lipinski definition) is 6. The number of anilines is 1. The number of fused-ring (bicyclic) bond motifs is 1. The summed E-state index contributed by atoms with van der Waals surface area (Å²) in [5.74, 6) is 0.221. The molecule has 0 fully saturated rings. The summed E-state index contributed by atoms with van der Waals surface area (Å²) in [5, 5.41) is 9.14. The molecule has 0 saturated heterocycles. The third-order valence-corrected chi connectivity index (χ3v) is 6.33. The molecule has 0 amide bonds. The van der Waals surface area contributed by atoms with Crippen molar-refractivity contribution in [3.63, 3.8) is 0 Å². The molecule has 1 heterocycles. The SMILES string of the molecule is CN(CCCOc1ccc2c(c1)CC[C@H]2CC(=O)O)c1nc(Cl)ncc1-c1ccc(OC(F)(F)F)cc1. The lowest BCUT2D eigenvalue weighted by molar-refractivity contribution is -0.274. The predicted octanol–water partition coefficient (Wildman–Crippen LogP) is 6.11. The van der Waals surface area contributed by atoms with Gasteiger partial charge in [0.15, 0.2) is 0 Å². The van der Waals surface area contributed by atoms with Gasteiger partial charge in [0.1, 0.15) is 17.3 Å². The Bertz CT molecular complexity index is 1250. The quantitative estimate of drug-likeness (QED) is 0.248. The number of rotatable bonds is 10. The smallest absolute Gasteiger partial charge is 0.494 e. The maximum Gasteiger partial charge on any atom is 0.573 e. The maximum atomic E-state index is 12.5. The topological polar surface area (TPSA) is 84.8 Å². The van der Waals surface area contributed by atoms with E-state index < -0.39 is 12.3 Å². The standard InChI is InChI=1S/C26H25ClF3N3O4/c1-33(11-2-12-36-20-9-10-21-17(13-20)3-4-18(21)14-23(34)35)24-22(15-31-25(27)32-24)16-5-7-19(8-6-16)37-26(28,29)30/h5-10,13,15,18H,2-4,11-12,14H2,1H3,(H,34,35)/t18-/m0/s1. The van der Waals surface area contributed by atoms with Crippen LogP contribution in [-0.4, -0.2) is 47.6 Å². The number of ether oxygens (including phenoxy) is 2. The number of aliphatic carboxylic acids is 1. The van der Waals surface area contributed by atoms with E-state index in [9.17, 15) is 18.0 Å². The van der Waals surface area contributed by atoms with Crippen molar-refractivity contribution in [2.45, 2.75) is 38.0 Å². The Kier molecular flexibility index (Phi) is 8.06. The van der Waals surface area contributed by atoms with Crippen LogP contribution >= 0.6 is 11.6 Å². The first-order valence-electron chi connectivity index (χ1n) is 11.7.